The number of fused-ring (bicyclic) bond motifs is 1. The van der Waals surface area contributed by atoms with Crippen LogP contribution in [0.4, 0.5) is 4.79 Å². The molecule has 31 heavy (non-hydrogen) atoms. The summed E-state index contributed by atoms with van der Waals surface area (Å²) in [6.45, 7) is 5.31. The fraction of sp³-hybridized carbons (Fsp3) is 0.250. The number of likely N-dealkylation sites (tertiary alicyclic amines) is 1. The van der Waals surface area contributed by atoms with Crippen LogP contribution in [0.2, 0.25) is 5.02 Å². The quantitative estimate of drug-likeness (QED) is 0.395. The van der Waals surface area contributed by atoms with E-state index in [0.29, 0.717) is 45.0 Å². The number of ether oxygens (including phenoxy) is 2. The minimum atomic E-state index is -0.387. The van der Waals surface area contributed by atoms with Gasteiger partial charge in [-0.05, 0) is 55.2 Å². The topological polar surface area (TPSA) is 55.8 Å². The highest BCUT2D eigenvalue weighted by atomic mass is 35.5. The molecule has 0 aliphatic carbocycles. The van der Waals surface area contributed by atoms with Crippen molar-refractivity contribution in [1.82, 2.24) is 4.90 Å². The lowest BCUT2D eigenvalue weighted by Crippen LogP contribution is -2.37. The van der Waals surface area contributed by atoms with Crippen LogP contribution in [0.25, 0.3) is 6.08 Å². The third-order valence-electron chi connectivity index (χ3n) is 5.06. The Labute approximate surface area is 190 Å². The normalized spacial score (nSPS) is 16.9. The summed E-state index contributed by atoms with van der Waals surface area (Å²) < 4.78 is 11.4. The lowest BCUT2D eigenvalue weighted by Gasteiger charge is -2.26. The number of hydrogen-bond acceptors (Lipinski definition) is 5. The first-order valence-corrected chi connectivity index (χ1v) is 11.3. The summed E-state index contributed by atoms with van der Waals surface area (Å²) >= 11 is 7.36. The molecule has 2 aliphatic heterocycles. The molecule has 2 heterocycles. The van der Waals surface area contributed by atoms with Crippen LogP contribution in [0.5, 0.6) is 11.5 Å². The molecule has 5 nitrogen and oxygen atoms in total. The fourth-order valence-electron chi connectivity index (χ4n) is 3.57. The first-order valence-electron chi connectivity index (χ1n) is 10.1. The summed E-state index contributed by atoms with van der Waals surface area (Å²) in [7, 11) is 0. The molecule has 2 aliphatic rings. The van der Waals surface area contributed by atoms with Gasteiger partial charge >= 0.3 is 6.09 Å². The van der Waals surface area contributed by atoms with Crippen LogP contribution < -0.4 is 9.47 Å². The fourth-order valence-corrected chi connectivity index (χ4v) is 4.88. The predicted octanol–water partition coefficient (Wildman–Crippen LogP) is 6.22. The van der Waals surface area contributed by atoms with Gasteiger partial charge in [0.2, 0.25) is 5.78 Å². The zero-order chi connectivity index (χ0) is 21.8. The SMILES string of the molecule is C=CCOc1ccc(OC(=O)N2CCCCC2)c2c1C(=O)/C(=C\c1cccc(Cl)c1)S2. The van der Waals surface area contributed by atoms with Crippen molar-refractivity contribution in [3.05, 3.63) is 70.1 Å². The Morgan fingerprint density at radius 2 is 1.94 bits per heavy atom. The Bertz CT molecular complexity index is 1060. The maximum absolute atomic E-state index is 13.2. The van der Waals surface area contributed by atoms with E-state index in [-0.39, 0.29) is 18.5 Å². The van der Waals surface area contributed by atoms with Gasteiger partial charge in [-0.25, -0.2) is 4.79 Å². The van der Waals surface area contributed by atoms with Crippen molar-refractivity contribution in [2.75, 3.05) is 19.7 Å². The Morgan fingerprint density at radius 1 is 1.16 bits per heavy atom. The van der Waals surface area contributed by atoms with Crippen molar-refractivity contribution in [3.63, 3.8) is 0 Å². The number of carbonyl (C=O) groups excluding carboxylic acids is 2. The number of hydrogen-bond donors (Lipinski definition) is 0. The lowest BCUT2D eigenvalue weighted by atomic mass is 10.1. The van der Waals surface area contributed by atoms with Gasteiger partial charge in [-0.3, -0.25) is 4.79 Å². The minimum absolute atomic E-state index is 0.171. The average Bonchev–Trinajstić information content (AvgIpc) is 3.10. The number of ketones is 1. The van der Waals surface area contributed by atoms with E-state index in [1.807, 2.05) is 12.1 Å². The summed E-state index contributed by atoms with van der Waals surface area (Å²) in [5, 5.41) is 0.591. The van der Waals surface area contributed by atoms with Crippen LogP contribution >= 0.6 is 23.4 Å². The van der Waals surface area contributed by atoms with Gasteiger partial charge in [0.15, 0.2) is 0 Å². The van der Waals surface area contributed by atoms with Gasteiger partial charge in [-0.15, -0.1) is 0 Å². The van der Waals surface area contributed by atoms with Gasteiger partial charge in [0.25, 0.3) is 0 Å². The summed E-state index contributed by atoms with van der Waals surface area (Å²) in [5.74, 6) is 0.638. The van der Waals surface area contributed by atoms with Crippen LogP contribution in [0.3, 0.4) is 0 Å². The molecule has 0 aromatic heterocycles. The molecule has 1 saturated heterocycles. The van der Waals surface area contributed by atoms with E-state index in [0.717, 1.165) is 24.8 Å². The molecule has 160 valence electrons. The predicted molar refractivity (Wildman–Crippen MR) is 123 cm³/mol. The van der Waals surface area contributed by atoms with Crippen molar-refractivity contribution in [2.45, 2.75) is 24.2 Å². The molecule has 0 saturated carbocycles. The van der Waals surface area contributed by atoms with Crippen molar-refractivity contribution >= 4 is 41.3 Å². The van der Waals surface area contributed by atoms with E-state index in [9.17, 15) is 9.59 Å². The number of piperidine rings is 1. The number of allylic oxidation sites excluding steroid dienone is 1. The maximum atomic E-state index is 13.2. The van der Waals surface area contributed by atoms with Crippen LogP contribution in [0.15, 0.2) is 58.9 Å². The first-order chi connectivity index (χ1) is 15.1. The average molecular weight is 456 g/mol. The van der Waals surface area contributed by atoms with Gasteiger partial charge in [-0.1, -0.05) is 48.2 Å². The Balaban J connectivity index is 1.67. The smallest absolute Gasteiger partial charge is 0.415 e. The molecule has 2 aromatic carbocycles. The first kappa shape index (κ1) is 21.5. The van der Waals surface area contributed by atoms with Crippen LogP contribution in [0.1, 0.15) is 35.2 Å². The summed E-state index contributed by atoms with van der Waals surface area (Å²) in [6.07, 6.45) is 6.08. The van der Waals surface area contributed by atoms with E-state index in [1.165, 1.54) is 11.8 Å². The van der Waals surface area contributed by atoms with Crippen molar-refractivity contribution in [3.8, 4) is 11.5 Å². The molecule has 7 heteroatoms. The van der Waals surface area contributed by atoms with Crippen LogP contribution in [-0.2, 0) is 0 Å². The summed E-state index contributed by atoms with van der Waals surface area (Å²) in [5.41, 5.74) is 1.22. The van der Waals surface area contributed by atoms with Crippen molar-refractivity contribution in [1.29, 1.82) is 0 Å². The van der Waals surface area contributed by atoms with E-state index in [2.05, 4.69) is 6.58 Å². The Morgan fingerprint density at radius 3 is 2.68 bits per heavy atom. The molecular weight excluding hydrogens is 434 g/mol. The molecule has 0 atom stereocenters. The zero-order valence-corrected chi connectivity index (χ0v) is 18.5. The lowest BCUT2D eigenvalue weighted by molar-refractivity contribution is 0.103. The highest BCUT2D eigenvalue weighted by Gasteiger charge is 2.34. The highest BCUT2D eigenvalue weighted by Crippen LogP contribution is 2.49. The van der Waals surface area contributed by atoms with Gasteiger partial charge < -0.3 is 14.4 Å². The van der Waals surface area contributed by atoms with E-state index in [1.54, 1.807) is 41.3 Å². The van der Waals surface area contributed by atoms with Crippen LogP contribution in [-0.4, -0.2) is 36.5 Å². The summed E-state index contributed by atoms with van der Waals surface area (Å²) in [4.78, 5) is 28.7. The number of Topliss-reactive ketones (excluding diaryl/α,β-unsaturated/α-hetero) is 1. The third-order valence-corrected chi connectivity index (χ3v) is 6.43. The van der Waals surface area contributed by atoms with E-state index >= 15 is 0 Å². The molecular formula is C24H22ClNO4S. The standard InChI is InChI=1S/C24H22ClNO4S/c1-2-13-29-18-9-10-19(30-24(28)26-11-4-3-5-12-26)23-21(18)22(27)20(31-23)15-16-7-6-8-17(25)14-16/h2,6-10,14-15H,1,3-5,11-13H2/b20-15+. The second-order valence-electron chi connectivity index (χ2n) is 7.28. The number of carbonyl (C=O) groups is 2. The number of rotatable bonds is 5. The van der Waals surface area contributed by atoms with Crippen molar-refractivity contribution < 1.29 is 19.1 Å². The number of nitrogens with zero attached hydrogens (tertiary/aromatic N) is 1. The van der Waals surface area contributed by atoms with Crippen molar-refractivity contribution in [2.24, 2.45) is 0 Å². The third kappa shape index (κ3) is 4.81. The van der Waals surface area contributed by atoms with Gasteiger partial charge in [0.05, 0.1) is 15.4 Å². The minimum Gasteiger partial charge on any atom is -0.489 e. The molecule has 0 radical (unpaired) electrons. The Kier molecular flexibility index (Phi) is 6.68. The molecule has 2 aromatic rings. The number of halogens is 1. The molecule has 0 bridgehead atoms. The molecule has 1 fully saturated rings. The molecule has 0 spiro atoms. The van der Waals surface area contributed by atoms with Gasteiger partial charge in [-0.2, -0.15) is 0 Å². The number of amides is 1. The molecule has 0 unspecified atom stereocenters. The van der Waals surface area contributed by atoms with E-state index in [4.69, 9.17) is 21.1 Å². The molecule has 1 amide bonds. The van der Waals surface area contributed by atoms with Crippen LogP contribution in [0, 0.1) is 0 Å². The second-order valence-corrected chi connectivity index (χ2v) is 8.76. The van der Waals surface area contributed by atoms with Gasteiger partial charge in [0, 0.05) is 18.1 Å². The highest BCUT2D eigenvalue weighted by molar-refractivity contribution is 8.05. The molecule has 0 N–H and O–H groups in total. The van der Waals surface area contributed by atoms with E-state index < -0.39 is 0 Å². The monoisotopic (exact) mass is 455 g/mol. The Hall–Kier alpha value is -2.70. The van der Waals surface area contributed by atoms with Gasteiger partial charge in [0.1, 0.15) is 18.1 Å². The maximum Gasteiger partial charge on any atom is 0.415 e. The molecule has 4 rings (SSSR count). The second kappa shape index (κ2) is 9.62. The number of benzene rings is 2. The summed E-state index contributed by atoms with van der Waals surface area (Å²) in [6, 6.07) is 10.6. The number of thioether (sulfide) groups is 1. The largest absolute Gasteiger partial charge is 0.489 e. The zero-order valence-electron chi connectivity index (χ0n) is 16.9.